The molecule has 5 nitrogen and oxygen atoms in total. The maximum Gasteiger partial charge on any atom is 0.229 e. The van der Waals surface area contributed by atoms with Crippen LogP contribution in [-0.4, -0.2) is 20.7 Å². The second-order valence-electron chi connectivity index (χ2n) is 8.24. The van der Waals surface area contributed by atoms with E-state index in [1.165, 1.54) is 32.1 Å². The summed E-state index contributed by atoms with van der Waals surface area (Å²) in [6.45, 7) is 4.22. The van der Waals surface area contributed by atoms with Gasteiger partial charge in [0.15, 0.2) is 0 Å². The average molecular weight is 352 g/mol. The first-order valence-corrected chi connectivity index (χ1v) is 9.85. The Balaban J connectivity index is 1.53. The number of nitrogens with one attached hydrogen (secondary N) is 1. The van der Waals surface area contributed by atoms with Crippen molar-refractivity contribution in [3.8, 4) is 0 Å². The Morgan fingerprint density at radius 3 is 2.69 bits per heavy atom. The summed E-state index contributed by atoms with van der Waals surface area (Å²) in [5.41, 5.74) is 3.24. The van der Waals surface area contributed by atoms with Crippen LogP contribution >= 0.6 is 0 Å². The van der Waals surface area contributed by atoms with E-state index in [1.54, 1.807) is 6.20 Å². The van der Waals surface area contributed by atoms with Crippen molar-refractivity contribution in [2.45, 2.75) is 76.7 Å². The zero-order valence-corrected chi connectivity index (χ0v) is 15.8. The molecule has 0 spiro atoms. The summed E-state index contributed by atoms with van der Waals surface area (Å²) >= 11 is 0. The molecule has 0 atom stereocenters. The van der Waals surface area contributed by atoms with Crippen LogP contribution in [0.5, 0.6) is 0 Å². The number of nitrogens with zero attached hydrogens (tertiary/aromatic N) is 3. The van der Waals surface area contributed by atoms with Crippen molar-refractivity contribution in [3.05, 3.63) is 41.3 Å². The van der Waals surface area contributed by atoms with Gasteiger partial charge >= 0.3 is 0 Å². The number of aromatic nitrogens is 3. The van der Waals surface area contributed by atoms with E-state index in [1.807, 2.05) is 19.1 Å². The lowest BCUT2D eigenvalue weighted by Crippen LogP contribution is -2.21. The maximum atomic E-state index is 12.6. The second kappa shape index (κ2) is 6.86. The minimum atomic E-state index is 0.000104. The van der Waals surface area contributed by atoms with Crippen molar-refractivity contribution in [2.75, 3.05) is 5.32 Å². The molecule has 0 aliphatic heterocycles. The summed E-state index contributed by atoms with van der Waals surface area (Å²) in [7, 11) is 0. The lowest BCUT2D eigenvalue weighted by Gasteiger charge is -2.24. The first-order valence-electron chi connectivity index (χ1n) is 9.85. The zero-order chi connectivity index (χ0) is 18.1. The molecule has 2 heterocycles. The smallest absolute Gasteiger partial charge is 0.229 e. The molecule has 0 bridgehead atoms. The zero-order valence-electron chi connectivity index (χ0n) is 15.8. The Kier molecular flexibility index (Phi) is 4.55. The largest absolute Gasteiger partial charge is 0.311 e. The highest BCUT2D eigenvalue weighted by molar-refractivity contribution is 5.91. The number of carbonyl (C=O) groups excluding carboxylic acids is 1. The van der Waals surface area contributed by atoms with Gasteiger partial charge in [-0.05, 0) is 44.2 Å². The summed E-state index contributed by atoms with van der Waals surface area (Å²) in [5.74, 6) is 0.866. The summed E-state index contributed by atoms with van der Waals surface area (Å²) < 4.78 is 2.10. The molecule has 4 rings (SSSR count). The third kappa shape index (κ3) is 3.67. The van der Waals surface area contributed by atoms with Crippen molar-refractivity contribution in [1.82, 2.24) is 14.8 Å². The highest BCUT2D eigenvalue weighted by atomic mass is 16.1. The molecule has 2 aromatic rings. The summed E-state index contributed by atoms with van der Waals surface area (Å²) in [5, 5.41) is 8.05. The standard InChI is InChI=1S/C21H28N4O/c1-15-8-9-16(14-22-15)12-20(26)23-19-13-18(21(2)10-11-21)24-25(19)17-6-4-3-5-7-17/h8-9,13-14,17H,3-7,10-12H2,1-2H3,(H,23,26). The molecule has 0 aromatic carbocycles. The topological polar surface area (TPSA) is 59.8 Å². The predicted molar refractivity (Wildman–Crippen MR) is 102 cm³/mol. The SMILES string of the molecule is Cc1ccc(CC(=O)Nc2cc(C3(C)CC3)nn2C2CCCCC2)cn1. The van der Waals surface area contributed by atoms with Gasteiger partial charge in [-0.3, -0.25) is 9.78 Å². The normalized spacial score (nSPS) is 19.3. The molecule has 5 heteroatoms. The number of anilines is 1. The summed E-state index contributed by atoms with van der Waals surface area (Å²) in [4.78, 5) is 16.9. The minimum absolute atomic E-state index is 0.000104. The van der Waals surface area contributed by atoms with Crippen LogP contribution in [0.4, 0.5) is 5.82 Å². The van der Waals surface area contributed by atoms with Gasteiger partial charge in [0, 0.05) is 23.4 Å². The quantitative estimate of drug-likeness (QED) is 0.871. The number of pyridine rings is 1. The van der Waals surface area contributed by atoms with Gasteiger partial charge in [-0.1, -0.05) is 32.3 Å². The van der Waals surface area contributed by atoms with Crippen molar-refractivity contribution in [1.29, 1.82) is 0 Å². The molecular formula is C21H28N4O. The maximum absolute atomic E-state index is 12.6. The van der Waals surface area contributed by atoms with Crippen molar-refractivity contribution in [2.24, 2.45) is 0 Å². The molecule has 1 N–H and O–H groups in total. The van der Waals surface area contributed by atoms with Gasteiger partial charge in [0.25, 0.3) is 0 Å². The van der Waals surface area contributed by atoms with Crippen LogP contribution in [-0.2, 0) is 16.6 Å². The molecule has 0 saturated heterocycles. The van der Waals surface area contributed by atoms with Gasteiger partial charge in [-0.25, -0.2) is 4.68 Å². The molecule has 26 heavy (non-hydrogen) atoms. The molecule has 0 unspecified atom stereocenters. The summed E-state index contributed by atoms with van der Waals surface area (Å²) in [6, 6.07) is 6.43. The van der Waals surface area contributed by atoms with E-state index in [0.717, 1.165) is 35.6 Å². The third-order valence-electron chi connectivity index (χ3n) is 5.88. The van der Waals surface area contributed by atoms with E-state index in [9.17, 15) is 4.79 Å². The Hall–Kier alpha value is -2.17. The van der Waals surface area contributed by atoms with Crippen LogP contribution in [0.3, 0.4) is 0 Å². The highest BCUT2D eigenvalue weighted by Gasteiger charge is 2.42. The fourth-order valence-electron chi connectivity index (χ4n) is 3.81. The minimum Gasteiger partial charge on any atom is -0.311 e. The van der Waals surface area contributed by atoms with Gasteiger partial charge in [0.05, 0.1) is 18.2 Å². The molecule has 1 amide bonds. The van der Waals surface area contributed by atoms with Crippen molar-refractivity contribution < 1.29 is 4.79 Å². The van der Waals surface area contributed by atoms with Gasteiger partial charge in [0.2, 0.25) is 5.91 Å². The Morgan fingerprint density at radius 1 is 1.27 bits per heavy atom. The van der Waals surface area contributed by atoms with E-state index in [-0.39, 0.29) is 11.3 Å². The second-order valence-corrected chi connectivity index (χ2v) is 8.24. The highest BCUT2D eigenvalue weighted by Crippen LogP contribution is 2.48. The number of hydrogen-bond acceptors (Lipinski definition) is 3. The molecule has 2 aromatic heterocycles. The predicted octanol–water partition coefficient (Wildman–Crippen LogP) is 4.32. The lowest BCUT2D eigenvalue weighted by molar-refractivity contribution is -0.115. The van der Waals surface area contributed by atoms with Crippen LogP contribution in [0.25, 0.3) is 0 Å². The van der Waals surface area contributed by atoms with Gasteiger partial charge in [-0.15, -0.1) is 0 Å². The van der Waals surface area contributed by atoms with Crippen molar-refractivity contribution >= 4 is 11.7 Å². The van der Waals surface area contributed by atoms with Crippen LogP contribution in [0, 0.1) is 6.92 Å². The lowest BCUT2D eigenvalue weighted by atomic mass is 9.96. The summed E-state index contributed by atoms with van der Waals surface area (Å²) in [6.07, 6.45) is 10.6. The molecule has 2 aliphatic rings. The van der Waals surface area contributed by atoms with Gasteiger partial charge in [-0.2, -0.15) is 5.10 Å². The first kappa shape index (κ1) is 17.3. The molecular weight excluding hydrogens is 324 g/mol. The van der Waals surface area contributed by atoms with Crippen LogP contribution in [0.15, 0.2) is 24.4 Å². The van der Waals surface area contributed by atoms with Crippen LogP contribution < -0.4 is 5.32 Å². The van der Waals surface area contributed by atoms with Crippen LogP contribution in [0.1, 0.15) is 74.9 Å². The van der Waals surface area contributed by atoms with E-state index in [0.29, 0.717) is 12.5 Å². The third-order valence-corrected chi connectivity index (χ3v) is 5.88. The Labute approximate surface area is 155 Å². The number of aryl methyl sites for hydroxylation is 1. The molecule has 0 radical (unpaired) electrons. The van der Waals surface area contributed by atoms with E-state index >= 15 is 0 Å². The number of amides is 1. The van der Waals surface area contributed by atoms with Crippen LogP contribution in [0.2, 0.25) is 0 Å². The Morgan fingerprint density at radius 2 is 2.04 bits per heavy atom. The van der Waals surface area contributed by atoms with Gasteiger partial charge < -0.3 is 5.32 Å². The fourth-order valence-corrected chi connectivity index (χ4v) is 3.81. The van der Waals surface area contributed by atoms with Crippen molar-refractivity contribution in [3.63, 3.8) is 0 Å². The molecule has 2 aliphatic carbocycles. The van der Waals surface area contributed by atoms with E-state index < -0.39 is 0 Å². The number of rotatable bonds is 5. The van der Waals surface area contributed by atoms with E-state index in [4.69, 9.17) is 5.10 Å². The monoisotopic (exact) mass is 352 g/mol. The number of carbonyl (C=O) groups is 1. The van der Waals surface area contributed by atoms with E-state index in [2.05, 4.69) is 28.0 Å². The Bertz CT molecular complexity index is 783. The molecule has 2 fully saturated rings. The number of hydrogen-bond donors (Lipinski definition) is 1. The molecule has 2 saturated carbocycles. The van der Waals surface area contributed by atoms with Gasteiger partial charge in [0.1, 0.15) is 5.82 Å². The molecule has 138 valence electrons. The fraction of sp³-hybridized carbons (Fsp3) is 0.571. The first-order chi connectivity index (χ1) is 12.5. The average Bonchev–Trinajstić information content (AvgIpc) is 3.25.